The molecule has 174 valence electrons. The number of urea groups is 1. The SMILES string of the molecule is C[C@@H]1C(=O)NCCN1C(=O)N[C@H](c1cnc(C(F)(F)F)c(Cl)c1)c1csc(C(F)(F)F)n1. The lowest BCUT2D eigenvalue weighted by Crippen LogP contribution is -2.58. The first kappa shape index (κ1) is 24.0. The van der Waals surface area contributed by atoms with Gasteiger partial charge in [0.15, 0.2) is 10.7 Å². The molecule has 2 atom stereocenters. The highest BCUT2D eigenvalue weighted by atomic mass is 35.5. The Bertz CT molecular complexity index is 1030. The molecule has 1 saturated heterocycles. The van der Waals surface area contributed by atoms with Crippen molar-refractivity contribution in [3.8, 4) is 0 Å². The van der Waals surface area contributed by atoms with Gasteiger partial charge in [0, 0.05) is 30.2 Å². The molecule has 0 spiro atoms. The van der Waals surface area contributed by atoms with Crippen LogP contribution in [-0.2, 0) is 17.1 Å². The van der Waals surface area contributed by atoms with Crippen LogP contribution < -0.4 is 10.6 Å². The highest BCUT2D eigenvalue weighted by molar-refractivity contribution is 7.09. The van der Waals surface area contributed by atoms with E-state index in [0.29, 0.717) is 0 Å². The second kappa shape index (κ2) is 8.73. The summed E-state index contributed by atoms with van der Waals surface area (Å²) in [5, 5.41) is 3.99. The minimum absolute atomic E-state index is 0.113. The zero-order chi connectivity index (χ0) is 23.8. The molecule has 0 aromatic carbocycles. The number of aromatic nitrogens is 2. The number of nitrogens with zero attached hydrogens (tertiary/aromatic N) is 3. The van der Waals surface area contributed by atoms with Crippen LogP contribution in [0.1, 0.15) is 34.9 Å². The molecule has 2 N–H and O–H groups in total. The summed E-state index contributed by atoms with van der Waals surface area (Å²) in [7, 11) is 0. The van der Waals surface area contributed by atoms with Crippen LogP contribution in [0.25, 0.3) is 0 Å². The number of carbonyl (C=O) groups excluding carboxylic acids is 2. The van der Waals surface area contributed by atoms with Crippen molar-refractivity contribution in [1.29, 1.82) is 0 Å². The number of nitrogens with one attached hydrogen (secondary N) is 2. The monoisotopic (exact) mass is 501 g/mol. The Labute approximate surface area is 185 Å². The van der Waals surface area contributed by atoms with E-state index in [1.807, 2.05) is 0 Å². The van der Waals surface area contributed by atoms with Crippen LogP contribution in [0.4, 0.5) is 31.1 Å². The number of amides is 3. The number of hydrogen-bond acceptors (Lipinski definition) is 5. The van der Waals surface area contributed by atoms with E-state index in [1.54, 1.807) is 0 Å². The number of thiazole rings is 1. The Kier molecular flexibility index (Phi) is 6.56. The number of pyridine rings is 1. The topological polar surface area (TPSA) is 87.2 Å². The first-order valence-corrected chi connectivity index (χ1v) is 10.1. The number of piperazine rings is 1. The van der Waals surface area contributed by atoms with Crippen molar-refractivity contribution in [1.82, 2.24) is 25.5 Å². The van der Waals surface area contributed by atoms with Crippen LogP contribution in [0.2, 0.25) is 5.02 Å². The molecule has 0 bridgehead atoms. The van der Waals surface area contributed by atoms with Gasteiger partial charge >= 0.3 is 18.4 Å². The number of alkyl halides is 6. The number of carbonyl (C=O) groups is 2. The van der Waals surface area contributed by atoms with E-state index in [2.05, 4.69) is 20.6 Å². The van der Waals surface area contributed by atoms with Crippen molar-refractivity contribution in [2.75, 3.05) is 13.1 Å². The minimum Gasteiger partial charge on any atom is -0.353 e. The summed E-state index contributed by atoms with van der Waals surface area (Å²) in [4.78, 5) is 32.5. The van der Waals surface area contributed by atoms with Crippen LogP contribution in [0, 0.1) is 0 Å². The van der Waals surface area contributed by atoms with Crippen molar-refractivity contribution in [2.24, 2.45) is 0 Å². The summed E-state index contributed by atoms with van der Waals surface area (Å²) in [5.41, 5.74) is -1.78. The second-order valence-electron chi connectivity index (χ2n) is 6.72. The number of rotatable bonds is 3. The third-order valence-electron chi connectivity index (χ3n) is 4.55. The Morgan fingerprint density at radius 2 is 2.00 bits per heavy atom. The van der Waals surface area contributed by atoms with E-state index >= 15 is 0 Å². The molecule has 3 amide bonds. The average Bonchev–Trinajstić information content (AvgIpc) is 3.17. The molecule has 7 nitrogen and oxygen atoms in total. The fraction of sp³-hybridized carbons (Fsp3) is 0.412. The van der Waals surface area contributed by atoms with E-state index in [4.69, 9.17) is 11.6 Å². The molecule has 0 radical (unpaired) electrons. The van der Waals surface area contributed by atoms with Gasteiger partial charge in [-0.15, -0.1) is 11.3 Å². The van der Waals surface area contributed by atoms with Crippen molar-refractivity contribution in [2.45, 2.75) is 31.4 Å². The highest BCUT2D eigenvalue weighted by Crippen LogP contribution is 2.37. The summed E-state index contributed by atoms with van der Waals surface area (Å²) in [6.45, 7) is 1.72. The molecule has 32 heavy (non-hydrogen) atoms. The van der Waals surface area contributed by atoms with Gasteiger partial charge in [-0.3, -0.25) is 4.79 Å². The van der Waals surface area contributed by atoms with Crippen LogP contribution in [-0.4, -0.2) is 45.9 Å². The zero-order valence-corrected chi connectivity index (χ0v) is 17.6. The summed E-state index contributed by atoms with van der Waals surface area (Å²) < 4.78 is 78.0. The third-order valence-corrected chi connectivity index (χ3v) is 5.75. The Hall–Kier alpha value is -2.61. The van der Waals surface area contributed by atoms with Crippen LogP contribution in [0.15, 0.2) is 17.6 Å². The molecular formula is C17H14ClF6N5O2S. The molecular weight excluding hydrogens is 488 g/mol. The number of halogens is 7. The van der Waals surface area contributed by atoms with E-state index in [1.165, 1.54) is 6.92 Å². The Balaban J connectivity index is 1.99. The van der Waals surface area contributed by atoms with E-state index in [-0.39, 0.29) is 35.7 Å². The van der Waals surface area contributed by atoms with Gasteiger partial charge in [0.25, 0.3) is 0 Å². The molecule has 0 saturated carbocycles. The molecule has 1 aliphatic rings. The second-order valence-corrected chi connectivity index (χ2v) is 7.98. The molecule has 0 aliphatic carbocycles. The minimum atomic E-state index is -4.85. The predicted octanol–water partition coefficient (Wildman–Crippen LogP) is 3.85. The molecule has 2 aromatic heterocycles. The number of hydrogen-bond donors (Lipinski definition) is 2. The molecule has 15 heteroatoms. The van der Waals surface area contributed by atoms with Crippen LogP contribution in [0.5, 0.6) is 0 Å². The van der Waals surface area contributed by atoms with E-state index < -0.39 is 52.1 Å². The van der Waals surface area contributed by atoms with Crippen molar-refractivity contribution < 1.29 is 35.9 Å². The normalized spacial score (nSPS) is 18.3. The van der Waals surface area contributed by atoms with Gasteiger partial charge in [0.1, 0.15) is 12.1 Å². The third kappa shape index (κ3) is 5.06. The van der Waals surface area contributed by atoms with Gasteiger partial charge in [-0.2, -0.15) is 26.3 Å². The van der Waals surface area contributed by atoms with Crippen LogP contribution in [0.3, 0.4) is 0 Å². The standard InChI is InChI=1S/C17H14ClF6N5O2S/c1-7-13(30)25-2-3-29(7)15(31)28-11(10-6-32-14(27-10)17(22,23)24)8-4-9(18)12(26-5-8)16(19,20)21/h4-7,11H,2-3H2,1H3,(H,25,30)(H,28,31)/t7-,11-/m1/s1. The molecule has 2 aromatic rings. The largest absolute Gasteiger partial charge is 0.443 e. The molecule has 1 fully saturated rings. The fourth-order valence-corrected chi connectivity index (χ4v) is 3.96. The molecule has 0 unspecified atom stereocenters. The smallest absolute Gasteiger partial charge is 0.353 e. The maximum absolute atomic E-state index is 13.0. The highest BCUT2D eigenvalue weighted by Gasteiger charge is 2.38. The van der Waals surface area contributed by atoms with E-state index in [9.17, 15) is 35.9 Å². The lowest BCUT2D eigenvalue weighted by atomic mass is 10.1. The molecule has 3 heterocycles. The van der Waals surface area contributed by atoms with Crippen molar-refractivity contribution in [3.05, 3.63) is 44.6 Å². The first-order valence-electron chi connectivity index (χ1n) is 8.89. The Morgan fingerprint density at radius 1 is 1.31 bits per heavy atom. The summed E-state index contributed by atoms with van der Waals surface area (Å²) in [6, 6.07) is -2.25. The van der Waals surface area contributed by atoms with E-state index in [0.717, 1.165) is 22.5 Å². The van der Waals surface area contributed by atoms with Gasteiger partial charge in [-0.05, 0) is 13.0 Å². The van der Waals surface area contributed by atoms with Gasteiger partial charge < -0.3 is 15.5 Å². The van der Waals surface area contributed by atoms with Crippen LogP contribution >= 0.6 is 22.9 Å². The summed E-state index contributed by atoms with van der Waals surface area (Å²) in [5.74, 6) is -0.435. The Morgan fingerprint density at radius 3 is 2.56 bits per heavy atom. The fourth-order valence-electron chi connectivity index (χ4n) is 2.96. The average molecular weight is 502 g/mol. The summed E-state index contributed by atoms with van der Waals surface area (Å²) >= 11 is 5.95. The van der Waals surface area contributed by atoms with Gasteiger partial charge in [-0.1, -0.05) is 11.6 Å². The lowest BCUT2D eigenvalue weighted by Gasteiger charge is -2.34. The maximum Gasteiger partial charge on any atom is 0.443 e. The lowest BCUT2D eigenvalue weighted by molar-refractivity contribution is -0.141. The zero-order valence-electron chi connectivity index (χ0n) is 16.0. The quantitative estimate of drug-likeness (QED) is 0.626. The maximum atomic E-state index is 13.0. The van der Waals surface area contributed by atoms with Gasteiger partial charge in [0.05, 0.1) is 10.7 Å². The van der Waals surface area contributed by atoms with Gasteiger partial charge in [-0.25, -0.2) is 14.8 Å². The molecule has 3 rings (SSSR count). The summed E-state index contributed by atoms with van der Waals surface area (Å²) in [6.07, 6.45) is -8.86. The first-order chi connectivity index (χ1) is 14.8. The van der Waals surface area contributed by atoms with Gasteiger partial charge in [0.2, 0.25) is 5.91 Å². The van der Waals surface area contributed by atoms with Crippen molar-refractivity contribution in [3.63, 3.8) is 0 Å². The predicted molar refractivity (Wildman–Crippen MR) is 101 cm³/mol. The van der Waals surface area contributed by atoms with Crippen molar-refractivity contribution >= 4 is 34.9 Å². The molecule has 1 aliphatic heterocycles.